The van der Waals surface area contributed by atoms with Crippen LogP contribution in [0.5, 0.6) is 0 Å². The Balaban J connectivity index is 1.23. The second-order valence-electron chi connectivity index (χ2n) is 15.4. The molecular formula is C56H45N. The summed E-state index contributed by atoms with van der Waals surface area (Å²) in [5.74, 6) is 0.584. The Bertz CT molecular complexity index is 2800. The van der Waals surface area contributed by atoms with Crippen LogP contribution in [-0.4, -0.2) is 0 Å². The zero-order chi connectivity index (χ0) is 38.0. The summed E-state index contributed by atoms with van der Waals surface area (Å²) in [5, 5.41) is 5.23. The van der Waals surface area contributed by atoms with Crippen molar-refractivity contribution in [3.05, 3.63) is 212 Å². The zero-order valence-corrected chi connectivity index (χ0v) is 32.2. The maximum Gasteiger partial charge on any atom is 0.0546 e. The van der Waals surface area contributed by atoms with Crippen LogP contribution in [0.25, 0.3) is 66.1 Å². The van der Waals surface area contributed by atoms with Crippen LogP contribution in [0.4, 0.5) is 17.1 Å². The molecular weight excluding hydrogens is 687 g/mol. The molecule has 0 spiro atoms. The summed E-state index contributed by atoms with van der Waals surface area (Å²) in [6.45, 7) is 0. The molecule has 10 rings (SSSR count). The number of rotatable bonds is 8. The van der Waals surface area contributed by atoms with Gasteiger partial charge >= 0.3 is 0 Å². The molecule has 0 N–H and O–H groups in total. The highest BCUT2D eigenvalue weighted by molar-refractivity contribution is 6.05. The highest BCUT2D eigenvalue weighted by atomic mass is 15.1. The molecule has 1 aliphatic carbocycles. The molecule has 1 nitrogen and oxygen atoms in total. The minimum atomic E-state index is 0.584. The minimum absolute atomic E-state index is 0.584. The van der Waals surface area contributed by atoms with Gasteiger partial charge in [0.15, 0.2) is 0 Å². The van der Waals surface area contributed by atoms with Gasteiger partial charge in [-0.25, -0.2) is 0 Å². The van der Waals surface area contributed by atoms with Crippen LogP contribution in [-0.2, 0) is 0 Å². The highest BCUT2D eigenvalue weighted by Gasteiger charge is 2.25. The first kappa shape index (κ1) is 34.8. The Morgan fingerprint density at radius 2 is 0.895 bits per heavy atom. The number of hydrogen-bond acceptors (Lipinski definition) is 1. The van der Waals surface area contributed by atoms with Gasteiger partial charge in [0.25, 0.3) is 0 Å². The molecule has 0 unspecified atom stereocenters. The first-order chi connectivity index (χ1) is 28.3. The number of anilines is 3. The Labute approximate surface area is 336 Å². The molecule has 1 heteroatoms. The average molecular weight is 732 g/mol. The van der Waals surface area contributed by atoms with Crippen molar-refractivity contribution in [3.63, 3.8) is 0 Å². The molecule has 0 atom stereocenters. The SMILES string of the molecule is c1ccc(-c2cccc(N(c3ccc(-c4cccc5ccccc45)cc3)c3ccccc3-c3cccc4cccc(C5CCCCC5)c34)c2-c2ccccc2)cc1. The largest absolute Gasteiger partial charge is 0.309 e. The van der Waals surface area contributed by atoms with E-state index < -0.39 is 0 Å². The summed E-state index contributed by atoms with van der Waals surface area (Å²) in [7, 11) is 0. The maximum absolute atomic E-state index is 2.51. The van der Waals surface area contributed by atoms with Gasteiger partial charge in [-0.15, -0.1) is 0 Å². The molecule has 1 fully saturated rings. The van der Waals surface area contributed by atoms with E-state index in [1.54, 1.807) is 0 Å². The fraction of sp³-hybridized carbons (Fsp3) is 0.107. The van der Waals surface area contributed by atoms with Gasteiger partial charge < -0.3 is 4.90 Å². The molecule has 0 saturated heterocycles. The Kier molecular flexibility index (Phi) is 9.42. The van der Waals surface area contributed by atoms with Crippen LogP contribution in [0.2, 0.25) is 0 Å². The molecule has 9 aromatic carbocycles. The van der Waals surface area contributed by atoms with E-state index in [1.165, 1.54) is 104 Å². The van der Waals surface area contributed by atoms with E-state index in [9.17, 15) is 0 Å². The molecule has 0 aliphatic heterocycles. The molecule has 1 aliphatic rings. The second kappa shape index (κ2) is 15.4. The molecule has 0 aromatic heterocycles. The predicted molar refractivity (Wildman–Crippen MR) is 244 cm³/mol. The van der Waals surface area contributed by atoms with E-state index in [-0.39, 0.29) is 0 Å². The van der Waals surface area contributed by atoms with Gasteiger partial charge in [-0.2, -0.15) is 0 Å². The number of benzene rings is 9. The van der Waals surface area contributed by atoms with Crippen LogP contribution in [0.3, 0.4) is 0 Å². The second-order valence-corrected chi connectivity index (χ2v) is 15.4. The van der Waals surface area contributed by atoms with Crippen molar-refractivity contribution in [2.24, 2.45) is 0 Å². The van der Waals surface area contributed by atoms with E-state index in [2.05, 4.69) is 211 Å². The Morgan fingerprint density at radius 1 is 0.351 bits per heavy atom. The third-order valence-corrected chi connectivity index (χ3v) is 12.1. The quantitative estimate of drug-likeness (QED) is 0.150. The molecule has 57 heavy (non-hydrogen) atoms. The normalized spacial score (nSPS) is 13.2. The summed E-state index contributed by atoms with van der Waals surface area (Å²) in [5.41, 5.74) is 14.7. The van der Waals surface area contributed by atoms with Crippen LogP contribution >= 0.6 is 0 Å². The van der Waals surface area contributed by atoms with E-state index in [1.807, 2.05) is 0 Å². The van der Waals surface area contributed by atoms with Gasteiger partial charge in [-0.1, -0.05) is 201 Å². The molecule has 274 valence electrons. The Hall–Kier alpha value is -6.70. The number of fused-ring (bicyclic) bond motifs is 2. The fourth-order valence-electron chi connectivity index (χ4n) is 9.41. The third kappa shape index (κ3) is 6.60. The molecule has 0 bridgehead atoms. The van der Waals surface area contributed by atoms with Gasteiger partial charge in [0.2, 0.25) is 0 Å². The molecule has 0 heterocycles. The monoisotopic (exact) mass is 731 g/mol. The van der Waals surface area contributed by atoms with Crippen molar-refractivity contribution in [2.45, 2.75) is 38.0 Å². The van der Waals surface area contributed by atoms with Crippen molar-refractivity contribution in [2.75, 3.05) is 4.90 Å². The average Bonchev–Trinajstić information content (AvgIpc) is 3.30. The fourth-order valence-corrected chi connectivity index (χ4v) is 9.41. The highest BCUT2D eigenvalue weighted by Crippen LogP contribution is 2.50. The predicted octanol–water partition coefficient (Wildman–Crippen LogP) is 16.2. The lowest BCUT2D eigenvalue weighted by Gasteiger charge is -2.31. The third-order valence-electron chi connectivity index (χ3n) is 12.1. The molecule has 1 saturated carbocycles. The standard InChI is InChI=1S/C56H45N/c1-4-18-41(19-5-1)49-31-15-26-44-27-16-33-52(55(44)49)51-29-12-13-34-53(51)57(46-38-36-43(37-39-46)48-30-14-25-40-22-10-11-28-47(40)48)54-35-17-32-50(42-20-6-2-7-21-42)56(54)45-23-8-3-9-24-45/h2-3,6-17,20-39,41H,1,4-5,18-19H2. The lowest BCUT2D eigenvalue weighted by atomic mass is 9.80. The number of nitrogens with zero attached hydrogens (tertiary/aromatic N) is 1. The molecule has 0 amide bonds. The Morgan fingerprint density at radius 3 is 1.68 bits per heavy atom. The van der Waals surface area contributed by atoms with E-state index in [0.29, 0.717) is 5.92 Å². The lowest BCUT2D eigenvalue weighted by Crippen LogP contribution is -2.13. The lowest BCUT2D eigenvalue weighted by molar-refractivity contribution is 0.445. The smallest absolute Gasteiger partial charge is 0.0546 e. The van der Waals surface area contributed by atoms with Crippen LogP contribution in [0, 0.1) is 0 Å². The molecule has 9 aromatic rings. The van der Waals surface area contributed by atoms with E-state index in [0.717, 1.165) is 17.1 Å². The molecule has 0 radical (unpaired) electrons. The van der Waals surface area contributed by atoms with Gasteiger partial charge in [-0.3, -0.25) is 0 Å². The van der Waals surface area contributed by atoms with Crippen molar-refractivity contribution in [1.29, 1.82) is 0 Å². The summed E-state index contributed by atoms with van der Waals surface area (Å²) in [6.07, 6.45) is 6.48. The minimum Gasteiger partial charge on any atom is -0.309 e. The van der Waals surface area contributed by atoms with Crippen molar-refractivity contribution in [3.8, 4) is 44.5 Å². The van der Waals surface area contributed by atoms with E-state index in [4.69, 9.17) is 0 Å². The van der Waals surface area contributed by atoms with E-state index >= 15 is 0 Å². The summed E-state index contributed by atoms with van der Waals surface area (Å²) in [4.78, 5) is 2.51. The van der Waals surface area contributed by atoms with Gasteiger partial charge in [0.1, 0.15) is 0 Å². The van der Waals surface area contributed by atoms with Crippen LogP contribution in [0.1, 0.15) is 43.6 Å². The van der Waals surface area contributed by atoms with Crippen LogP contribution in [0.15, 0.2) is 206 Å². The summed E-state index contributed by atoms with van der Waals surface area (Å²) < 4.78 is 0. The summed E-state index contributed by atoms with van der Waals surface area (Å²) >= 11 is 0. The zero-order valence-electron chi connectivity index (χ0n) is 32.2. The summed E-state index contributed by atoms with van der Waals surface area (Å²) in [6, 6.07) is 76.0. The number of para-hydroxylation sites is 1. The first-order valence-corrected chi connectivity index (χ1v) is 20.5. The maximum atomic E-state index is 2.51. The van der Waals surface area contributed by atoms with Crippen molar-refractivity contribution in [1.82, 2.24) is 0 Å². The van der Waals surface area contributed by atoms with Gasteiger partial charge in [0.05, 0.1) is 11.4 Å². The van der Waals surface area contributed by atoms with Gasteiger partial charge in [0, 0.05) is 16.8 Å². The van der Waals surface area contributed by atoms with Crippen molar-refractivity contribution >= 4 is 38.6 Å². The first-order valence-electron chi connectivity index (χ1n) is 20.5. The van der Waals surface area contributed by atoms with Gasteiger partial charge in [-0.05, 0) is 104 Å². The number of hydrogen-bond donors (Lipinski definition) is 0. The van der Waals surface area contributed by atoms with Crippen molar-refractivity contribution < 1.29 is 0 Å². The topological polar surface area (TPSA) is 3.24 Å². The van der Waals surface area contributed by atoms with Crippen LogP contribution < -0.4 is 4.90 Å².